The molecule has 17 heavy (non-hydrogen) atoms. The first kappa shape index (κ1) is 16.9. The van der Waals surface area contributed by atoms with Crippen LogP contribution in [-0.4, -0.2) is 18.5 Å². The predicted octanol–water partition coefficient (Wildman–Crippen LogP) is -0.948. The van der Waals surface area contributed by atoms with Gasteiger partial charge in [0.15, 0.2) is 5.75 Å². The molecule has 1 aromatic rings. The van der Waals surface area contributed by atoms with Crippen LogP contribution in [0.2, 0.25) is 0 Å². The molecule has 0 aliphatic rings. The van der Waals surface area contributed by atoms with Gasteiger partial charge in [0.1, 0.15) is 0 Å². The minimum Gasteiger partial charge on any atom is -0.487 e. The largest absolute Gasteiger partial charge is 1.00 e. The first-order chi connectivity index (χ1) is 7.36. The number of hydrogen-bond donors (Lipinski definition) is 0. The average Bonchev–Trinajstić information content (AvgIpc) is 2.16. The van der Waals surface area contributed by atoms with Crippen molar-refractivity contribution < 1.29 is 74.0 Å². The zero-order valence-electron chi connectivity index (χ0n) is 9.32. The number of nitro groups is 1. The Bertz CT molecular complexity index is 413. The van der Waals surface area contributed by atoms with Crippen LogP contribution in [-0.2, 0) is 0 Å². The van der Waals surface area contributed by atoms with E-state index >= 15 is 0 Å². The molecule has 0 radical (unpaired) electrons. The molecule has 0 unspecified atom stereocenters. The molecule has 0 atom stereocenters. The summed E-state index contributed by atoms with van der Waals surface area (Å²) in [5, 5.41) is 10.5. The molecule has 0 saturated heterocycles. The molecule has 0 bridgehead atoms. The Morgan fingerprint density at radius 2 is 2.00 bits per heavy atom. The molecule has 0 fully saturated rings. The smallest absolute Gasteiger partial charge is 0.487 e. The number of nitrogens with zero attached hydrogens (tertiary/aromatic N) is 1. The number of ether oxygens (including phenoxy) is 1. The summed E-state index contributed by atoms with van der Waals surface area (Å²) in [6.07, 6.45) is 0. The Hall–Kier alpha value is -0.0887. The van der Waals surface area contributed by atoms with Gasteiger partial charge in [-0.05, 0) is 19.1 Å². The van der Waals surface area contributed by atoms with Gasteiger partial charge in [-0.25, -0.2) is 0 Å². The fourth-order valence-corrected chi connectivity index (χ4v) is 1.16. The Morgan fingerprint density at radius 3 is 2.41 bits per heavy atom. The number of rotatable bonds is 4. The molecule has 0 amide bonds. The van der Waals surface area contributed by atoms with Crippen molar-refractivity contribution in [1.29, 1.82) is 0 Å². The van der Waals surface area contributed by atoms with E-state index in [9.17, 15) is 23.1 Å². The van der Waals surface area contributed by atoms with Crippen LogP contribution < -0.4 is 61.6 Å². The number of benzene rings is 1. The molecule has 1 aromatic carbocycles. The van der Waals surface area contributed by atoms with Crippen molar-refractivity contribution in [2.75, 3.05) is 6.61 Å². The first-order valence-corrected chi connectivity index (χ1v) is 4.47. The molecule has 88 valence electrons. The second-order valence-corrected chi connectivity index (χ2v) is 2.99. The van der Waals surface area contributed by atoms with Crippen molar-refractivity contribution in [3.05, 3.63) is 28.3 Å². The summed E-state index contributed by atoms with van der Waals surface area (Å²) in [5.74, 6) is -0.156. The fourth-order valence-electron chi connectivity index (χ4n) is 1.16. The molecule has 0 heterocycles. The Kier molecular flexibility index (Phi) is 6.70. The zero-order valence-corrected chi connectivity index (χ0v) is 12.4. The molecule has 0 spiro atoms. The maximum Gasteiger partial charge on any atom is 1.00 e. The second kappa shape index (κ2) is 6.74. The molecular formula is C8H8BF3KNO3. The van der Waals surface area contributed by atoms with Gasteiger partial charge in [-0.2, -0.15) is 0 Å². The Morgan fingerprint density at radius 1 is 1.41 bits per heavy atom. The van der Waals surface area contributed by atoms with Gasteiger partial charge in [0.2, 0.25) is 0 Å². The van der Waals surface area contributed by atoms with Crippen LogP contribution in [0.5, 0.6) is 5.75 Å². The molecule has 0 aliphatic carbocycles. The molecule has 1 rings (SSSR count). The average molecular weight is 273 g/mol. The summed E-state index contributed by atoms with van der Waals surface area (Å²) < 4.78 is 41.9. The Balaban J connectivity index is 0.00000256. The van der Waals surface area contributed by atoms with Crippen LogP contribution in [0.4, 0.5) is 18.6 Å². The van der Waals surface area contributed by atoms with Crippen LogP contribution in [0.25, 0.3) is 0 Å². The van der Waals surface area contributed by atoms with Crippen molar-refractivity contribution in [3.63, 3.8) is 0 Å². The fraction of sp³-hybridized carbons (Fsp3) is 0.250. The summed E-state index contributed by atoms with van der Waals surface area (Å²) in [5.41, 5.74) is -1.67. The Labute approximate surface area is 138 Å². The number of halogens is 3. The van der Waals surface area contributed by atoms with E-state index in [1.54, 1.807) is 6.92 Å². The summed E-state index contributed by atoms with van der Waals surface area (Å²) in [6, 6.07) is 2.23. The van der Waals surface area contributed by atoms with Crippen molar-refractivity contribution in [3.8, 4) is 5.75 Å². The van der Waals surface area contributed by atoms with Gasteiger partial charge in [0, 0.05) is 0 Å². The van der Waals surface area contributed by atoms with E-state index in [2.05, 4.69) is 0 Å². The van der Waals surface area contributed by atoms with Gasteiger partial charge < -0.3 is 17.7 Å². The molecule has 0 aromatic heterocycles. The van der Waals surface area contributed by atoms with Crippen LogP contribution in [0.15, 0.2) is 18.2 Å². The molecule has 0 saturated carbocycles. The van der Waals surface area contributed by atoms with Crippen LogP contribution in [0.1, 0.15) is 6.92 Å². The third-order valence-electron chi connectivity index (χ3n) is 1.86. The second-order valence-electron chi connectivity index (χ2n) is 2.99. The molecule has 4 nitrogen and oxygen atoms in total. The van der Waals surface area contributed by atoms with Crippen molar-refractivity contribution in [2.24, 2.45) is 0 Å². The van der Waals surface area contributed by atoms with E-state index in [4.69, 9.17) is 4.74 Å². The van der Waals surface area contributed by atoms with E-state index in [-0.39, 0.29) is 63.7 Å². The monoisotopic (exact) mass is 273 g/mol. The molecule has 9 heteroatoms. The molecular weight excluding hydrogens is 265 g/mol. The minimum atomic E-state index is -5.24. The third kappa shape index (κ3) is 4.59. The maximum absolute atomic E-state index is 12.3. The van der Waals surface area contributed by atoms with E-state index < -0.39 is 23.1 Å². The van der Waals surface area contributed by atoms with Gasteiger partial charge in [-0.15, -0.1) is 5.46 Å². The maximum atomic E-state index is 12.3. The van der Waals surface area contributed by atoms with E-state index in [1.807, 2.05) is 0 Å². The van der Waals surface area contributed by atoms with Crippen molar-refractivity contribution in [1.82, 2.24) is 0 Å². The van der Waals surface area contributed by atoms with Gasteiger partial charge in [0.05, 0.1) is 11.5 Å². The third-order valence-corrected chi connectivity index (χ3v) is 1.86. The van der Waals surface area contributed by atoms with Gasteiger partial charge >= 0.3 is 64.0 Å². The van der Waals surface area contributed by atoms with Crippen molar-refractivity contribution >= 4 is 18.1 Å². The van der Waals surface area contributed by atoms with Gasteiger partial charge in [0.25, 0.3) is 0 Å². The normalized spacial score (nSPS) is 10.6. The SMILES string of the molecule is CCOc1ccc([B-](F)(F)F)cc1[N+](=O)[O-].[K+]. The van der Waals surface area contributed by atoms with E-state index in [0.29, 0.717) is 6.07 Å². The molecule has 0 N–H and O–H groups in total. The van der Waals surface area contributed by atoms with E-state index in [0.717, 1.165) is 12.1 Å². The minimum absolute atomic E-state index is 0. The van der Waals surface area contributed by atoms with Gasteiger partial charge in [-0.3, -0.25) is 10.1 Å². The van der Waals surface area contributed by atoms with Gasteiger partial charge in [-0.1, -0.05) is 6.07 Å². The number of nitro benzene ring substituents is 1. The van der Waals surface area contributed by atoms with E-state index in [1.165, 1.54) is 0 Å². The predicted molar refractivity (Wildman–Crippen MR) is 53.0 cm³/mol. The molecule has 0 aliphatic heterocycles. The van der Waals surface area contributed by atoms with Crippen LogP contribution in [0, 0.1) is 10.1 Å². The first-order valence-electron chi connectivity index (χ1n) is 4.47. The van der Waals surface area contributed by atoms with Crippen LogP contribution >= 0.6 is 0 Å². The topological polar surface area (TPSA) is 52.4 Å². The summed E-state index contributed by atoms with van der Waals surface area (Å²) >= 11 is 0. The quantitative estimate of drug-likeness (QED) is 0.404. The summed E-state index contributed by atoms with van der Waals surface area (Å²) in [6.45, 7) is -3.50. The van der Waals surface area contributed by atoms with Crippen LogP contribution in [0.3, 0.4) is 0 Å². The standard InChI is InChI=1S/C8H8BF3NO3.K/c1-2-16-8-4-3-6(9(10,11)12)5-7(8)13(14)15;/h3-5H,2H2,1H3;/q-1;+1. The number of hydrogen-bond acceptors (Lipinski definition) is 3. The van der Waals surface area contributed by atoms with Crippen molar-refractivity contribution in [2.45, 2.75) is 6.92 Å². The zero-order chi connectivity index (χ0) is 12.3. The summed E-state index contributed by atoms with van der Waals surface area (Å²) in [7, 11) is 0. The summed E-state index contributed by atoms with van der Waals surface area (Å²) in [4.78, 5) is 9.65.